The van der Waals surface area contributed by atoms with Gasteiger partial charge in [0, 0.05) is 31.3 Å². The predicted molar refractivity (Wildman–Crippen MR) is 99.7 cm³/mol. The van der Waals surface area contributed by atoms with Crippen molar-refractivity contribution in [3.63, 3.8) is 0 Å². The number of aromatic nitrogens is 3. The SMILES string of the molecule is CC(NC(=O)c1ccnc(CC(=O)C2CC2)n1)c1ccc(OCC(C)(F)F)nc1. The normalized spacial score (nSPS) is 14.9. The fourth-order valence-corrected chi connectivity index (χ4v) is 2.60. The van der Waals surface area contributed by atoms with Crippen molar-refractivity contribution in [2.24, 2.45) is 5.92 Å². The minimum Gasteiger partial charge on any atom is -0.471 e. The summed E-state index contributed by atoms with van der Waals surface area (Å²) in [5, 5.41) is 2.79. The van der Waals surface area contributed by atoms with Crippen LogP contribution in [0, 0.1) is 5.92 Å². The molecule has 1 aliphatic carbocycles. The van der Waals surface area contributed by atoms with Crippen molar-refractivity contribution in [2.45, 2.75) is 45.1 Å². The van der Waals surface area contributed by atoms with E-state index in [0.29, 0.717) is 11.4 Å². The van der Waals surface area contributed by atoms with Gasteiger partial charge >= 0.3 is 0 Å². The van der Waals surface area contributed by atoms with E-state index < -0.39 is 24.5 Å². The highest BCUT2D eigenvalue weighted by Crippen LogP contribution is 2.30. The average Bonchev–Trinajstić information content (AvgIpc) is 3.52. The third-order valence-electron chi connectivity index (χ3n) is 4.38. The Morgan fingerprint density at radius 2 is 2.03 bits per heavy atom. The highest BCUT2D eigenvalue weighted by Gasteiger charge is 2.30. The summed E-state index contributed by atoms with van der Waals surface area (Å²) in [7, 11) is 0. The maximum Gasteiger partial charge on any atom is 0.278 e. The summed E-state index contributed by atoms with van der Waals surface area (Å²) in [5.74, 6) is -2.73. The molecule has 3 rings (SSSR count). The largest absolute Gasteiger partial charge is 0.471 e. The van der Waals surface area contributed by atoms with Crippen molar-refractivity contribution in [3.05, 3.63) is 47.7 Å². The molecule has 1 atom stereocenters. The number of pyridine rings is 1. The Morgan fingerprint density at radius 3 is 2.66 bits per heavy atom. The number of carbonyl (C=O) groups excluding carboxylic acids is 2. The molecule has 0 radical (unpaired) electrons. The molecule has 2 aromatic heterocycles. The van der Waals surface area contributed by atoms with E-state index >= 15 is 0 Å². The molecular formula is C20H22F2N4O3. The number of Topliss-reactive ketones (excluding diaryl/α,β-unsaturated/α-hetero) is 1. The number of amides is 1. The summed E-state index contributed by atoms with van der Waals surface area (Å²) in [5.41, 5.74) is 0.843. The Hall–Kier alpha value is -2.97. The van der Waals surface area contributed by atoms with Gasteiger partial charge in [-0.25, -0.2) is 23.7 Å². The number of carbonyl (C=O) groups is 2. The minimum atomic E-state index is -2.94. The van der Waals surface area contributed by atoms with Gasteiger partial charge in [0.2, 0.25) is 5.88 Å². The lowest BCUT2D eigenvalue weighted by atomic mass is 10.1. The Kier molecular flexibility index (Phi) is 6.14. The lowest BCUT2D eigenvalue weighted by Crippen LogP contribution is -2.28. The van der Waals surface area contributed by atoms with Crippen molar-refractivity contribution >= 4 is 11.7 Å². The van der Waals surface area contributed by atoms with Gasteiger partial charge in [-0.15, -0.1) is 0 Å². The molecule has 2 aromatic rings. The minimum absolute atomic E-state index is 0.0783. The molecule has 0 saturated heterocycles. The smallest absolute Gasteiger partial charge is 0.278 e. The van der Waals surface area contributed by atoms with Crippen molar-refractivity contribution in [3.8, 4) is 5.88 Å². The first-order valence-corrected chi connectivity index (χ1v) is 9.33. The first kappa shape index (κ1) is 20.8. The van der Waals surface area contributed by atoms with Crippen LogP contribution in [0.3, 0.4) is 0 Å². The van der Waals surface area contributed by atoms with E-state index in [9.17, 15) is 18.4 Å². The lowest BCUT2D eigenvalue weighted by Gasteiger charge is -2.15. The van der Waals surface area contributed by atoms with E-state index in [4.69, 9.17) is 4.74 Å². The number of halogens is 2. The number of rotatable bonds is 9. The van der Waals surface area contributed by atoms with Gasteiger partial charge in [0.05, 0.1) is 12.5 Å². The molecule has 29 heavy (non-hydrogen) atoms. The van der Waals surface area contributed by atoms with E-state index in [1.807, 2.05) is 0 Å². The zero-order valence-corrected chi connectivity index (χ0v) is 16.2. The fraction of sp³-hybridized carbons (Fsp3) is 0.450. The number of nitrogens with zero attached hydrogens (tertiary/aromatic N) is 3. The highest BCUT2D eigenvalue weighted by atomic mass is 19.3. The standard InChI is InChI=1S/C20H22F2N4O3/c1-12(14-5-6-18(24-10-14)29-11-20(2,21)22)25-19(28)15-7-8-23-17(26-15)9-16(27)13-3-4-13/h5-8,10,12-13H,3-4,9,11H2,1-2H3,(H,25,28). The van der Waals surface area contributed by atoms with Crippen LogP contribution in [0.4, 0.5) is 8.78 Å². The maximum absolute atomic E-state index is 12.8. The van der Waals surface area contributed by atoms with Crippen LogP contribution in [-0.4, -0.2) is 39.2 Å². The first-order valence-electron chi connectivity index (χ1n) is 9.33. The highest BCUT2D eigenvalue weighted by molar-refractivity contribution is 5.92. The number of hydrogen-bond donors (Lipinski definition) is 1. The number of nitrogens with one attached hydrogen (secondary N) is 1. The number of hydrogen-bond acceptors (Lipinski definition) is 6. The quantitative estimate of drug-likeness (QED) is 0.691. The number of ether oxygens (including phenoxy) is 1. The summed E-state index contributed by atoms with van der Waals surface area (Å²) >= 11 is 0. The molecule has 1 amide bonds. The topological polar surface area (TPSA) is 94.1 Å². The van der Waals surface area contributed by atoms with E-state index in [1.165, 1.54) is 24.5 Å². The second kappa shape index (κ2) is 8.59. The van der Waals surface area contributed by atoms with Crippen molar-refractivity contribution in [1.82, 2.24) is 20.3 Å². The van der Waals surface area contributed by atoms with Gasteiger partial charge in [0.25, 0.3) is 11.8 Å². The van der Waals surface area contributed by atoms with Crippen molar-refractivity contribution < 1.29 is 23.1 Å². The van der Waals surface area contributed by atoms with Crippen LogP contribution in [0.1, 0.15) is 54.6 Å². The van der Waals surface area contributed by atoms with Crippen LogP contribution in [0.2, 0.25) is 0 Å². The molecule has 1 saturated carbocycles. The van der Waals surface area contributed by atoms with Crippen molar-refractivity contribution in [2.75, 3.05) is 6.61 Å². The van der Waals surface area contributed by atoms with Gasteiger partial charge in [0.15, 0.2) is 6.61 Å². The summed E-state index contributed by atoms with van der Waals surface area (Å²) in [6.45, 7) is 1.76. The first-order chi connectivity index (χ1) is 13.7. The molecule has 1 unspecified atom stereocenters. The second-order valence-corrected chi connectivity index (χ2v) is 7.26. The predicted octanol–water partition coefficient (Wildman–Crippen LogP) is 2.92. The Balaban J connectivity index is 1.57. The van der Waals surface area contributed by atoms with Crippen LogP contribution in [0.25, 0.3) is 0 Å². The molecule has 1 fully saturated rings. The molecule has 0 aromatic carbocycles. The van der Waals surface area contributed by atoms with Crippen molar-refractivity contribution in [1.29, 1.82) is 0 Å². The van der Waals surface area contributed by atoms with Crippen LogP contribution < -0.4 is 10.1 Å². The molecule has 0 bridgehead atoms. The molecule has 1 aliphatic rings. The molecule has 9 heteroatoms. The van der Waals surface area contributed by atoms with Gasteiger partial charge in [-0.3, -0.25) is 9.59 Å². The molecule has 154 valence electrons. The zero-order valence-electron chi connectivity index (χ0n) is 16.2. The monoisotopic (exact) mass is 404 g/mol. The van der Waals surface area contributed by atoms with E-state index in [-0.39, 0.29) is 29.7 Å². The molecule has 1 N–H and O–H groups in total. The summed E-state index contributed by atoms with van der Waals surface area (Å²) < 4.78 is 30.6. The Morgan fingerprint density at radius 1 is 1.28 bits per heavy atom. The number of alkyl halides is 2. The average molecular weight is 404 g/mol. The van der Waals surface area contributed by atoms with E-state index in [0.717, 1.165) is 19.8 Å². The van der Waals surface area contributed by atoms with Gasteiger partial charge in [-0.2, -0.15) is 0 Å². The van der Waals surface area contributed by atoms with Gasteiger partial charge in [-0.1, -0.05) is 6.07 Å². The summed E-state index contributed by atoms with van der Waals surface area (Å²) in [6, 6.07) is 4.19. The molecule has 2 heterocycles. The maximum atomic E-state index is 12.8. The van der Waals surface area contributed by atoms with Crippen LogP contribution >= 0.6 is 0 Å². The lowest BCUT2D eigenvalue weighted by molar-refractivity contribution is -0.119. The fourth-order valence-electron chi connectivity index (χ4n) is 2.60. The van der Waals surface area contributed by atoms with E-state index in [2.05, 4.69) is 20.3 Å². The third kappa shape index (κ3) is 6.27. The van der Waals surface area contributed by atoms with Crippen LogP contribution in [0.15, 0.2) is 30.6 Å². The molecule has 7 nitrogen and oxygen atoms in total. The molecular weight excluding hydrogens is 382 g/mol. The van der Waals surface area contributed by atoms with Gasteiger partial charge < -0.3 is 10.1 Å². The van der Waals surface area contributed by atoms with Crippen LogP contribution in [0.5, 0.6) is 5.88 Å². The molecule has 0 spiro atoms. The Bertz CT molecular complexity index is 880. The van der Waals surface area contributed by atoms with Gasteiger partial charge in [-0.05, 0) is 31.4 Å². The van der Waals surface area contributed by atoms with Gasteiger partial charge in [0.1, 0.15) is 17.3 Å². The Labute approximate surface area is 166 Å². The van der Waals surface area contributed by atoms with Crippen LogP contribution in [-0.2, 0) is 11.2 Å². The summed E-state index contributed by atoms with van der Waals surface area (Å²) in [6.07, 6.45) is 4.86. The van der Waals surface area contributed by atoms with E-state index in [1.54, 1.807) is 13.0 Å². The summed E-state index contributed by atoms with van der Waals surface area (Å²) in [4.78, 5) is 36.6. The third-order valence-corrected chi connectivity index (χ3v) is 4.38. The zero-order chi connectivity index (χ0) is 21.0. The second-order valence-electron chi connectivity index (χ2n) is 7.26. The molecule has 0 aliphatic heterocycles. The number of ketones is 1.